The summed E-state index contributed by atoms with van der Waals surface area (Å²) in [6.07, 6.45) is 0. The maximum atomic E-state index is 6.55. The van der Waals surface area contributed by atoms with Crippen LogP contribution < -0.4 is 0 Å². The molecule has 0 spiro atoms. The summed E-state index contributed by atoms with van der Waals surface area (Å²) in [5, 5.41) is 4.61. The Morgan fingerprint density at radius 2 is 0.714 bits per heavy atom. The van der Waals surface area contributed by atoms with E-state index in [-0.39, 0.29) is 0 Å². The van der Waals surface area contributed by atoms with E-state index < -0.39 is 0 Å². The fraction of sp³-hybridized carbons (Fsp3) is 0. The second-order valence-corrected chi connectivity index (χ2v) is 14.2. The van der Waals surface area contributed by atoms with Crippen molar-refractivity contribution in [2.75, 3.05) is 0 Å². The highest BCUT2D eigenvalue weighted by atomic mass is 16.4. The standard InChI is InChI=1S/C50H30N4O2/c1-3-11-33(12-4-1)49-51-41-29-27-39-37-15-7-9-17-43(37)53(45(39)47(41)55-49)35-23-19-31(20-24-35)32-21-25-36(26-22-32)54-44-18-10-8-16-38(44)40-28-30-42-48(46(40)54)56-50(52-42)34-13-5-2-6-14-34/h1-30H. The first-order chi connectivity index (χ1) is 27.8. The van der Waals surface area contributed by atoms with Gasteiger partial charge in [0.2, 0.25) is 11.8 Å². The normalized spacial score (nSPS) is 11.9. The van der Waals surface area contributed by atoms with E-state index in [2.05, 4.69) is 130 Å². The van der Waals surface area contributed by atoms with Gasteiger partial charge in [-0.3, -0.25) is 0 Å². The van der Waals surface area contributed by atoms with Crippen molar-refractivity contribution in [2.45, 2.75) is 0 Å². The fourth-order valence-corrected chi connectivity index (χ4v) is 8.42. The van der Waals surface area contributed by atoms with Crippen LogP contribution in [0.3, 0.4) is 0 Å². The maximum Gasteiger partial charge on any atom is 0.227 e. The van der Waals surface area contributed by atoms with Crippen LogP contribution in [0.5, 0.6) is 0 Å². The predicted molar refractivity (Wildman–Crippen MR) is 227 cm³/mol. The number of fused-ring (bicyclic) bond motifs is 10. The number of hydrogen-bond acceptors (Lipinski definition) is 4. The number of rotatable bonds is 5. The zero-order valence-electron chi connectivity index (χ0n) is 29.9. The van der Waals surface area contributed by atoms with Crippen molar-refractivity contribution in [3.63, 3.8) is 0 Å². The van der Waals surface area contributed by atoms with E-state index >= 15 is 0 Å². The lowest BCUT2D eigenvalue weighted by Crippen LogP contribution is -1.95. The number of aromatic nitrogens is 4. The first kappa shape index (κ1) is 30.7. The summed E-state index contributed by atoms with van der Waals surface area (Å²) < 4.78 is 17.7. The van der Waals surface area contributed by atoms with Gasteiger partial charge in [0.15, 0.2) is 11.2 Å². The topological polar surface area (TPSA) is 61.9 Å². The number of oxazole rings is 2. The minimum atomic E-state index is 0.617. The van der Waals surface area contributed by atoms with Crippen molar-refractivity contribution < 1.29 is 8.83 Å². The van der Waals surface area contributed by atoms with Gasteiger partial charge in [0, 0.05) is 44.0 Å². The minimum absolute atomic E-state index is 0.617. The summed E-state index contributed by atoms with van der Waals surface area (Å²) in [7, 11) is 0. The largest absolute Gasteiger partial charge is 0.434 e. The van der Waals surface area contributed by atoms with Crippen LogP contribution in [-0.4, -0.2) is 19.1 Å². The monoisotopic (exact) mass is 718 g/mol. The lowest BCUT2D eigenvalue weighted by Gasteiger charge is -2.11. The van der Waals surface area contributed by atoms with Gasteiger partial charge in [0.05, 0.1) is 22.1 Å². The van der Waals surface area contributed by atoms with Crippen molar-refractivity contribution in [2.24, 2.45) is 0 Å². The summed E-state index contributed by atoms with van der Waals surface area (Å²) in [6, 6.07) is 63.2. The Morgan fingerprint density at radius 1 is 0.321 bits per heavy atom. The van der Waals surface area contributed by atoms with Gasteiger partial charge in [-0.05, 0) is 96.1 Å². The molecule has 0 aliphatic rings. The summed E-state index contributed by atoms with van der Waals surface area (Å²) in [6.45, 7) is 0. The van der Waals surface area contributed by atoms with Gasteiger partial charge in [0.25, 0.3) is 0 Å². The van der Waals surface area contributed by atoms with E-state index in [0.717, 1.165) is 88.7 Å². The van der Waals surface area contributed by atoms with E-state index in [4.69, 9.17) is 18.8 Å². The van der Waals surface area contributed by atoms with E-state index in [1.807, 2.05) is 60.7 Å². The zero-order chi connectivity index (χ0) is 36.7. The second kappa shape index (κ2) is 11.9. The summed E-state index contributed by atoms with van der Waals surface area (Å²) in [4.78, 5) is 9.78. The van der Waals surface area contributed by atoms with Gasteiger partial charge >= 0.3 is 0 Å². The number of benzene rings is 8. The maximum absolute atomic E-state index is 6.55. The third kappa shape index (κ3) is 4.56. The minimum Gasteiger partial charge on any atom is -0.434 e. The van der Waals surface area contributed by atoms with Crippen LogP contribution in [0.2, 0.25) is 0 Å². The van der Waals surface area contributed by atoms with Crippen molar-refractivity contribution in [3.05, 3.63) is 182 Å². The number of para-hydroxylation sites is 2. The Morgan fingerprint density at radius 3 is 1.14 bits per heavy atom. The molecule has 0 amide bonds. The van der Waals surface area contributed by atoms with E-state index in [1.165, 1.54) is 10.8 Å². The molecule has 0 bridgehead atoms. The van der Waals surface area contributed by atoms with E-state index in [1.54, 1.807) is 0 Å². The highest BCUT2D eigenvalue weighted by Crippen LogP contribution is 2.40. The molecule has 4 heterocycles. The van der Waals surface area contributed by atoms with Gasteiger partial charge in [-0.1, -0.05) is 97.1 Å². The van der Waals surface area contributed by atoms with Gasteiger partial charge in [0.1, 0.15) is 11.0 Å². The van der Waals surface area contributed by atoms with E-state index in [9.17, 15) is 0 Å². The van der Waals surface area contributed by atoms with Crippen LogP contribution in [0.25, 0.3) is 111 Å². The molecule has 0 atom stereocenters. The molecule has 56 heavy (non-hydrogen) atoms. The Labute approximate surface area is 320 Å². The van der Waals surface area contributed by atoms with Gasteiger partial charge in [-0.15, -0.1) is 0 Å². The van der Waals surface area contributed by atoms with Crippen molar-refractivity contribution in [1.29, 1.82) is 0 Å². The molecule has 0 saturated heterocycles. The lowest BCUT2D eigenvalue weighted by atomic mass is 10.0. The highest BCUT2D eigenvalue weighted by molar-refractivity contribution is 6.18. The highest BCUT2D eigenvalue weighted by Gasteiger charge is 2.21. The Hall–Kier alpha value is -7.70. The number of nitrogens with zero attached hydrogens (tertiary/aromatic N) is 4. The second-order valence-electron chi connectivity index (χ2n) is 14.2. The van der Waals surface area contributed by atoms with E-state index in [0.29, 0.717) is 11.8 Å². The Balaban J connectivity index is 0.959. The van der Waals surface area contributed by atoms with Crippen LogP contribution in [0.15, 0.2) is 191 Å². The molecule has 0 saturated carbocycles. The third-order valence-corrected chi connectivity index (χ3v) is 11.0. The molecule has 0 radical (unpaired) electrons. The molecule has 0 aliphatic heterocycles. The zero-order valence-corrected chi connectivity index (χ0v) is 29.9. The molecule has 4 aromatic heterocycles. The quantitative estimate of drug-likeness (QED) is 0.178. The molecule has 0 fully saturated rings. The summed E-state index contributed by atoms with van der Waals surface area (Å²) in [5.74, 6) is 1.23. The molecular formula is C50H30N4O2. The van der Waals surface area contributed by atoms with Crippen LogP contribution >= 0.6 is 0 Å². The van der Waals surface area contributed by atoms with Crippen LogP contribution in [0, 0.1) is 0 Å². The van der Waals surface area contributed by atoms with Gasteiger partial charge in [-0.2, -0.15) is 0 Å². The summed E-state index contributed by atoms with van der Waals surface area (Å²) in [5.41, 5.74) is 13.8. The molecule has 6 nitrogen and oxygen atoms in total. The lowest BCUT2D eigenvalue weighted by molar-refractivity contribution is 0.621. The number of hydrogen-bond donors (Lipinski definition) is 0. The molecule has 12 aromatic rings. The Kier molecular flexibility index (Phi) is 6.53. The third-order valence-electron chi connectivity index (χ3n) is 11.0. The van der Waals surface area contributed by atoms with Crippen LogP contribution in [-0.2, 0) is 0 Å². The van der Waals surface area contributed by atoms with Crippen LogP contribution in [0.4, 0.5) is 0 Å². The SMILES string of the molecule is c1ccc(-c2nc3ccc4c5ccccc5n(-c5ccc(-c6ccc(-n7c8ccccc8c8ccc9nc(-c%10ccccc%10)oc9c87)cc6)cc5)c4c3o2)cc1. The van der Waals surface area contributed by atoms with Gasteiger partial charge < -0.3 is 18.0 Å². The molecular weight excluding hydrogens is 689 g/mol. The molecule has 262 valence electrons. The summed E-state index contributed by atoms with van der Waals surface area (Å²) >= 11 is 0. The molecule has 0 unspecified atom stereocenters. The Bertz CT molecular complexity index is 3210. The first-order valence-corrected chi connectivity index (χ1v) is 18.7. The predicted octanol–water partition coefficient (Wildman–Crippen LogP) is 13.2. The molecule has 6 heteroatoms. The van der Waals surface area contributed by atoms with Crippen molar-refractivity contribution in [1.82, 2.24) is 19.1 Å². The van der Waals surface area contributed by atoms with Crippen LogP contribution in [0.1, 0.15) is 0 Å². The molecule has 8 aromatic carbocycles. The molecule has 12 rings (SSSR count). The smallest absolute Gasteiger partial charge is 0.227 e. The first-order valence-electron chi connectivity index (χ1n) is 18.7. The average molecular weight is 719 g/mol. The van der Waals surface area contributed by atoms with Crippen molar-refractivity contribution >= 4 is 65.8 Å². The fourth-order valence-electron chi connectivity index (χ4n) is 8.42. The molecule has 0 aliphatic carbocycles. The molecule has 0 N–H and O–H groups in total. The van der Waals surface area contributed by atoms with Crippen molar-refractivity contribution in [3.8, 4) is 45.4 Å². The average Bonchev–Trinajstić information content (AvgIpc) is 4.05. The van der Waals surface area contributed by atoms with Gasteiger partial charge in [-0.25, -0.2) is 9.97 Å².